The van der Waals surface area contributed by atoms with Crippen molar-refractivity contribution in [3.05, 3.63) is 24.3 Å². The predicted molar refractivity (Wildman–Crippen MR) is 36.2 cm³/mol. The first-order valence-corrected chi connectivity index (χ1v) is 3.03. The van der Waals surface area contributed by atoms with E-state index < -0.39 is 0 Å². The van der Waals surface area contributed by atoms with E-state index >= 15 is 0 Å². The highest BCUT2D eigenvalue weighted by molar-refractivity contribution is 5.70. The van der Waals surface area contributed by atoms with E-state index in [4.69, 9.17) is 0 Å². The Morgan fingerprint density at radius 1 is 1.45 bits per heavy atom. The summed E-state index contributed by atoms with van der Waals surface area (Å²) in [6.07, 6.45) is 3.92. The summed E-state index contributed by atoms with van der Waals surface area (Å²) < 4.78 is 1.52. The van der Waals surface area contributed by atoms with Gasteiger partial charge in [-0.15, -0.1) is 10.2 Å². The van der Waals surface area contributed by atoms with E-state index in [1.54, 1.807) is 18.5 Å². The van der Waals surface area contributed by atoms with Gasteiger partial charge in [-0.3, -0.25) is 9.20 Å². The van der Waals surface area contributed by atoms with Gasteiger partial charge in [-0.2, -0.15) is 0 Å². The summed E-state index contributed by atoms with van der Waals surface area (Å²) in [6.45, 7) is 0. The molecule has 0 aliphatic rings. The zero-order valence-corrected chi connectivity index (χ0v) is 5.51. The second-order valence-electron chi connectivity index (χ2n) is 1.97. The fourth-order valence-electron chi connectivity index (χ4n) is 0.840. The van der Waals surface area contributed by atoms with E-state index in [2.05, 4.69) is 15.2 Å². The Bertz CT molecular complexity index is 394. The number of carbonyl (C=O) groups is 1. The minimum Gasteiger partial charge on any atom is -0.294 e. The SMILES string of the molecule is O=Cc1nnc2ncccn12. The van der Waals surface area contributed by atoms with Crippen molar-refractivity contribution in [3.8, 4) is 0 Å². The Labute approximate surface area is 61.7 Å². The van der Waals surface area contributed by atoms with Crippen LogP contribution in [0.15, 0.2) is 18.5 Å². The van der Waals surface area contributed by atoms with E-state index in [1.807, 2.05) is 0 Å². The van der Waals surface area contributed by atoms with Crippen LogP contribution in [0.5, 0.6) is 0 Å². The number of rotatable bonds is 1. The second-order valence-corrected chi connectivity index (χ2v) is 1.97. The molecule has 5 heteroatoms. The zero-order valence-electron chi connectivity index (χ0n) is 5.51. The fraction of sp³-hybridized carbons (Fsp3) is 0. The first-order chi connectivity index (χ1) is 5.42. The minimum absolute atomic E-state index is 0.271. The van der Waals surface area contributed by atoms with Gasteiger partial charge < -0.3 is 0 Å². The van der Waals surface area contributed by atoms with Crippen molar-refractivity contribution in [2.45, 2.75) is 0 Å². The molecular formula is C6H4N4O. The highest BCUT2D eigenvalue weighted by Gasteiger charge is 2.01. The molecule has 0 radical (unpaired) electrons. The molecule has 0 saturated heterocycles. The average molecular weight is 148 g/mol. The Morgan fingerprint density at radius 2 is 2.36 bits per heavy atom. The molecule has 0 aliphatic carbocycles. The molecule has 0 aromatic carbocycles. The lowest BCUT2D eigenvalue weighted by Gasteiger charge is -1.87. The van der Waals surface area contributed by atoms with Crippen LogP contribution in [0.2, 0.25) is 0 Å². The van der Waals surface area contributed by atoms with Crippen LogP contribution in [-0.2, 0) is 0 Å². The number of carbonyl (C=O) groups excluding carboxylic acids is 1. The molecule has 0 unspecified atom stereocenters. The van der Waals surface area contributed by atoms with Crippen molar-refractivity contribution in [3.63, 3.8) is 0 Å². The number of aromatic nitrogens is 4. The highest BCUT2D eigenvalue weighted by atomic mass is 16.1. The maximum atomic E-state index is 10.3. The van der Waals surface area contributed by atoms with E-state index in [0.717, 1.165) is 0 Å². The highest BCUT2D eigenvalue weighted by Crippen LogP contribution is 1.95. The number of nitrogens with zero attached hydrogens (tertiary/aromatic N) is 4. The van der Waals surface area contributed by atoms with Gasteiger partial charge in [0.05, 0.1) is 0 Å². The van der Waals surface area contributed by atoms with Crippen LogP contribution < -0.4 is 0 Å². The largest absolute Gasteiger partial charge is 0.294 e. The fourth-order valence-corrected chi connectivity index (χ4v) is 0.840. The molecule has 0 amide bonds. The normalized spacial score (nSPS) is 10.2. The van der Waals surface area contributed by atoms with Crippen LogP contribution in [0, 0.1) is 0 Å². The van der Waals surface area contributed by atoms with Crippen LogP contribution in [0.4, 0.5) is 0 Å². The molecule has 2 aromatic heterocycles. The van der Waals surface area contributed by atoms with Crippen molar-refractivity contribution >= 4 is 12.1 Å². The lowest BCUT2D eigenvalue weighted by molar-refractivity contribution is 0.111. The summed E-state index contributed by atoms with van der Waals surface area (Å²) >= 11 is 0. The Morgan fingerprint density at radius 3 is 3.18 bits per heavy atom. The Balaban J connectivity index is 2.86. The molecular weight excluding hydrogens is 144 g/mol. The van der Waals surface area contributed by atoms with Gasteiger partial charge in [0.2, 0.25) is 5.82 Å². The van der Waals surface area contributed by atoms with Crippen LogP contribution in [0.3, 0.4) is 0 Å². The summed E-state index contributed by atoms with van der Waals surface area (Å²) in [5.41, 5.74) is 0. The van der Waals surface area contributed by atoms with Crippen molar-refractivity contribution in [2.75, 3.05) is 0 Å². The lowest BCUT2D eigenvalue weighted by atomic mass is 10.6. The summed E-state index contributed by atoms with van der Waals surface area (Å²) in [6, 6.07) is 1.71. The van der Waals surface area contributed by atoms with Gasteiger partial charge >= 0.3 is 0 Å². The molecule has 5 nitrogen and oxygen atoms in total. The molecule has 2 aromatic rings. The van der Waals surface area contributed by atoms with Crippen molar-refractivity contribution in [2.24, 2.45) is 0 Å². The van der Waals surface area contributed by atoms with Gasteiger partial charge in [0.25, 0.3) is 5.78 Å². The van der Waals surface area contributed by atoms with Crippen LogP contribution in [-0.4, -0.2) is 25.9 Å². The first kappa shape index (κ1) is 5.96. The molecule has 54 valence electrons. The van der Waals surface area contributed by atoms with Gasteiger partial charge in [-0.05, 0) is 6.07 Å². The maximum Gasteiger partial charge on any atom is 0.255 e. The smallest absolute Gasteiger partial charge is 0.255 e. The summed E-state index contributed by atoms with van der Waals surface area (Å²) in [7, 11) is 0. The molecule has 0 fully saturated rings. The van der Waals surface area contributed by atoms with E-state index in [-0.39, 0.29) is 5.82 Å². The van der Waals surface area contributed by atoms with E-state index in [1.165, 1.54) is 4.40 Å². The summed E-state index contributed by atoms with van der Waals surface area (Å²) in [5.74, 6) is 0.711. The van der Waals surface area contributed by atoms with E-state index in [0.29, 0.717) is 12.1 Å². The predicted octanol–water partition coefficient (Wildman–Crippen LogP) is -0.0632. The van der Waals surface area contributed by atoms with Gasteiger partial charge in [0.1, 0.15) is 0 Å². The molecule has 0 bridgehead atoms. The molecule has 11 heavy (non-hydrogen) atoms. The third kappa shape index (κ3) is 0.778. The topological polar surface area (TPSA) is 60.2 Å². The number of hydrogen-bond acceptors (Lipinski definition) is 4. The number of aldehydes is 1. The number of hydrogen-bond donors (Lipinski definition) is 0. The molecule has 0 saturated carbocycles. The van der Waals surface area contributed by atoms with Gasteiger partial charge in [0.15, 0.2) is 6.29 Å². The number of fused-ring (bicyclic) bond motifs is 1. The molecule has 2 heterocycles. The van der Waals surface area contributed by atoms with Crippen LogP contribution >= 0.6 is 0 Å². The molecule has 0 N–H and O–H groups in total. The lowest BCUT2D eigenvalue weighted by Crippen LogP contribution is -1.91. The Hall–Kier alpha value is -1.78. The maximum absolute atomic E-state index is 10.3. The molecule has 0 aliphatic heterocycles. The zero-order chi connectivity index (χ0) is 7.68. The van der Waals surface area contributed by atoms with Crippen LogP contribution in [0.1, 0.15) is 10.6 Å². The minimum atomic E-state index is 0.271. The summed E-state index contributed by atoms with van der Waals surface area (Å²) in [5, 5.41) is 7.26. The van der Waals surface area contributed by atoms with E-state index in [9.17, 15) is 4.79 Å². The van der Waals surface area contributed by atoms with Crippen molar-refractivity contribution < 1.29 is 4.79 Å². The first-order valence-electron chi connectivity index (χ1n) is 3.03. The average Bonchev–Trinajstić information content (AvgIpc) is 2.47. The van der Waals surface area contributed by atoms with Gasteiger partial charge in [-0.25, -0.2) is 4.98 Å². The van der Waals surface area contributed by atoms with Gasteiger partial charge in [-0.1, -0.05) is 0 Å². The van der Waals surface area contributed by atoms with Crippen molar-refractivity contribution in [1.82, 2.24) is 19.6 Å². The van der Waals surface area contributed by atoms with Crippen LogP contribution in [0.25, 0.3) is 5.78 Å². The van der Waals surface area contributed by atoms with Crippen molar-refractivity contribution in [1.29, 1.82) is 0 Å². The molecule has 0 spiro atoms. The standard InChI is InChI=1S/C6H4N4O/c11-4-5-8-9-6-7-2-1-3-10(5)6/h1-4H. The molecule has 0 atom stereocenters. The third-order valence-electron chi connectivity index (χ3n) is 1.32. The molecule has 2 rings (SSSR count). The monoisotopic (exact) mass is 148 g/mol. The summed E-state index contributed by atoms with van der Waals surface area (Å²) in [4.78, 5) is 14.2. The second kappa shape index (κ2) is 2.12. The quantitative estimate of drug-likeness (QED) is 0.531. The third-order valence-corrected chi connectivity index (χ3v) is 1.32. The Kier molecular flexibility index (Phi) is 1.15. The van der Waals surface area contributed by atoms with Gasteiger partial charge in [0, 0.05) is 12.4 Å².